The van der Waals surface area contributed by atoms with Crippen molar-refractivity contribution in [1.29, 1.82) is 0 Å². The van der Waals surface area contributed by atoms with Crippen LogP contribution in [0.1, 0.15) is 70.3 Å². The summed E-state index contributed by atoms with van der Waals surface area (Å²) in [6.45, 7) is 8.78. The Hall–Kier alpha value is -2.52. The minimum atomic E-state index is -0.153. The molecule has 5 heteroatoms. The number of benzene rings is 1. The van der Waals surface area contributed by atoms with Crippen LogP contribution < -0.4 is 0 Å². The highest BCUT2D eigenvalue weighted by Gasteiger charge is 2.23. The quantitative estimate of drug-likeness (QED) is 0.0711. The predicted octanol–water partition coefficient (Wildman–Crippen LogP) is 7.37. The van der Waals surface area contributed by atoms with Gasteiger partial charge in [-0.3, -0.25) is 4.79 Å². The van der Waals surface area contributed by atoms with Crippen LogP contribution in [0.3, 0.4) is 0 Å². The van der Waals surface area contributed by atoms with E-state index in [0.717, 1.165) is 38.5 Å². The third kappa shape index (κ3) is 10.3. The number of ether oxygens (including phenoxy) is 1. The summed E-state index contributed by atoms with van der Waals surface area (Å²) in [6.07, 6.45) is 12.9. The second-order valence-electron chi connectivity index (χ2n) is 7.61. The summed E-state index contributed by atoms with van der Waals surface area (Å²) in [7, 11) is 0. The van der Waals surface area contributed by atoms with Crippen molar-refractivity contribution in [3.05, 3.63) is 71.1 Å². The lowest BCUT2D eigenvalue weighted by molar-refractivity contribution is -0.149. The first-order chi connectivity index (χ1) is 14.7. The van der Waals surface area contributed by atoms with E-state index >= 15 is 0 Å². The predicted molar refractivity (Wildman–Crippen MR) is 124 cm³/mol. The van der Waals surface area contributed by atoms with Crippen molar-refractivity contribution in [2.24, 2.45) is 17.0 Å². The van der Waals surface area contributed by atoms with Gasteiger partial charge in [-0.2, -0.15) is 0 Å². The van der Waals surface area contributed by atoms with Gasteiger partial charge in [0.25, 0.3) is 0 Å². The van der Waals surface area contributed by atoms with Crippen LogP contribution in [0.4, 0.5) is 0 Å². The molecule has 0 bridgehead atoms. The first-order valence-electron chi connectivity index (χ1n) is 11.2. The van der Waals surface area contributed by atoms with Gasteiger partial charge < -0.3 is 4.74 Å². The molecule has 0 amide bonds. The van der Waals surface area contributed by atoms with Gasteiger partial charge in [0, 0.05) is 11.5 Å². The number of hydrogen-bond donors (Lipinski definition) is 0. The van der Waals surface area contributed by atoms with Gasteiger partial charge in [0.1, 0.15) is 0 Å². The number of nitrogens with zero attached hydrogens (tertiary/aromatic N) is 3. The third-order valence-electron chi connectivity index (χ3n) is 5.53. The molecule has 0 aliphatic carbocycles. The number of allylic oxidation sites excluding steroid dienone is 3. The Morgan fingerprint density at radius 1 is 1.23 bits per heavy atom. The summed E-state index contributed by atoms with van der Waals surface area (Å²) in [5, 5.41) is 3.47. The number of carbonyl (C=O) groups is 1. The normalized spacial score (nSPS) is 13.9. The highest BCUT2D eigenvalue weighted by molar-refractivity contribution is 5.72. The second kappa shape index (κ2) is 16.3. The number of rotatable bonds is 16. The molecule has 0 aliphatic heterocycles. The Labute approximate surface area is 181 Å². The molecule has 0 fully saturated rings. The molecule has 1 rings (SSSR count). The highest BCUT2D eigenvalue weighted by Crippen LogP contribution is 2.30. The molecule has 5 nitrogen and oxygen atoms in total. The molecular weight excluding hydrogens is 374 g/mol. The van der Waals surface area contributed by atoms with Crippen molar-refractivity contribution < 1.29 is 9.53 Å². The lowest BCUT2D eigenvalue weighted by Gasteiger charge is -2.21. The zero-order chi connectivity index (χ0) is 22.0. The number of esters is 1. The van der Waals surface area contributed by atoms with Gasteiger partial charge in [-0.1, -0.05) is 67.5 Å². The zero-order valence-electron chi connectivity index (χ0n) is 18.6. The largest absolute Gasteiger partial charge is 0.465 e. The van der Waals surface area contributed by atoms with Crippen molar-refractivity contribution in [2.75, 3.05) is 13.2 Å². The van der Waals surface area contributed by atoms with Crippen molar-refractivity contribution >= 4 is 5.97 Å². The van der Waals surface area contributed by atoms with Gasteiger partial charge in [-0.25, -0.2) is 0 Å². The van der Waals surface area contributed by atoms with Crippen LogP contribution >= 0.6 is 0 Å². The Morgan fingerprint density at radius 3 is 2.63 bits per heavy atom. The van der Waals surface area contributed by atoms with E-state index in [1.165, 1.54) is 5.56 Å². The molecule has 0 saturated carbocycles. The van der Waals surface area contributed by atoms with Gasteiger partial charge >= 0.3 is 5.97 Å². The molecule has 0 heterocycles. The molecule has 0 N–H and O–H groups in total. The highest BCUT2D eigenvalue weighted by atomic mass is 16.5. The maximum absolute atomic E-state index is 12.5. The number of azide groups is 1. The molecule has 30 heavy (non-hydrogen) atoms. The van der Waals surface area contributed by atoms with Crippen LogP contribution in [0.25, 0.3) is 10.4 Å². The number of carbonyl (C=O) groups excluding carboxylic acids is 1. The molecule has 0 radical (unpaired) electrons. The van der Waals surface area contributed by atoms with Crippen LogP contribution in [0.2, 0.25) is 0 Å². The van der Waals surface area contributed by atoms with Crippen molar-refractivity contribution in [3.63, 3.8) is 0 Å². The minimum Gasteiger partial charge on any atom is -0.465 e. The van der Waals surface area contributed by atoms with E-state index in [2.05, 4.69) is 59.9 Å². The Bertz CT molecular complexity index is 681. The van der Waals surface area contributed by atoms with E-state index in [4.69, 9.17) is 10.3 Å². The standard InChI is InChI=1S/C25H37N3O2/c1-4-21(5-2)14-9-7-12-17-24(23-15-10-8-11-16-23)20-22(6-3)25(29)30-19-13-18-27-28-26/h4,7-8,10-12,15-16,21-22,24H,1,5-6,9,13-14,17-20H2,2-3H3/b12-7+. The zero-order valence-corrected chi connectivity index (χ0v) is 18.6. The Kier molecular flexibility index (Phi) is 13.9. The fourth-order valence-electron chi connectivity index (χ4n) is 3.51. The third-order valence-corrected chi connectivity index (χ3v) is 5.53. The summed E-state index contributed by atoms with van der Waals surface area (Å²) in [6, 6.07) is 10.4. The summed E-state index contributed by atoms with van der Waals surface area (Å²) < 4.78 is 5.42. The lowest BCUT2D eigenvalue weighted by Crippen LogP contribution is -2.20. The van der Waals surface area contributed by atoms with Gasteiger partial charge in [0.15, 0.2) is 0 Å². The average molecular weight is 412 g/mol. The molecule has 3 unspecified atom stereocenters. The van der Waals surface area contributed by atoms with Crippen LogP contribution in [-0.2, 0) is 9.53 Å². The van der Waals surface area contributed by atoms with E-state index in [1.54, 1.807) is 0 Å². The van der Waals surface area contributed by atoms with E-state index in [-0.39, 0.29) is 17.8 Å². The summed E-state index contributed by atoms with van der Waals surface area (Å²) in [5.41, 5.74) is 9.56. The van der Waals surface area contributed by atoms with E-state index in [9.17, 15) is 4.79 Å². The monoisotopic (exact) mass is 411 g/mol. The van der Waals surface area contributed by atoms with Crippen LogP contribution in [0.5, 0.6) is 0 Å². The molecular formula is C25H37N3O2. The van der Waals surface area contributed by atoms with Crippen molar-refractivity contribution in [1.82, 2.24) is 0 Å². The smallest absolute Gasteiger partial charge is 0.308 e. The molecule has 3 atom stereocenters. The molecule has 1 aromatic rings. The second-order valence-corrected chi connectivity index (χ2v) is 7.61. The Morgan fingerprint density at radius 2 is 2.00 bits per heavy atom. The topological polar surface area (TPSA) is 75.1 Å². The molecule has 0 saturated heterocycles. The van der Waals surface area contributed by atoms with Crippen molar-refractivity contribution in [2.45, 2.75) is 64.7 Å². The van der Waals surface area contributed by atoms with E-state index in [1.807, 2.05) is 19.1 Å². The van der Waals surface area contributed by atoms with Crippen LogP contribution in [0, 0.1) is 11.8 Å². The van der Waals surface area contributed by atoms with Crippen LogP contribution in [0.15, 0.2) is 60.3 Å². The summed E-state index contributed by atoms with van der Waals surface area (Å²) >= 11 is 0. The van der Waals surface area contributed by atoms with Crippen LogP contribution in [-0.4, -0.2) is 19.1 Å². The van der Waals surface area contributed by atoms with Crippen molar-refractivity contribution in [3.8, 4) is 0 Å². The fraction of sp³-hybridized carbons (Fsp3) is 0.560. The molecule has 0 aliphatic rings. The summed E-state index contributed by atoms with van der Waals surface area (Å²) in [5.74, 6) is 0.579. The van der Waals surface area contributed by atoms with Gasteiger partial charge in [0.05, 0.1) is 12.5 Å². The SMILES string of the molecule is C=CC(CC)CC/C=C/CC(CC(CC)C(=O)OCCCN=[N+]=[N-])c1ccccc1. The first-order valence-corrected chi connectivity index (χ1v) is 11.2. The van der Waals surface area contributed by atoms with Gasteiger partial charge in [-0.05, 0) is 67.9 Å². The first kappa shape index (κ1) is 25.5. The van der Waals surface area contributed by atoms with E-state index in [0.29, 0.717) is 25.5 Å². The average Bonchev–Trinajstić information content (AvgIpc) is 2.78. The maximum atomic E-state index is 12.5. The lowest BCUT2D eigenvalue weighted by atomic mass is 9.85. The maximum Gasteiger partial charge on any atom is 0.308 e. The van der Waals surface area contributed by atoms with E-state index < -0.39 is 0 Å². The molecule has 0 aromatic heterocycles. The molecule has 164 valence electrons. The number of hydrogen-bond acceptors (Lipinski definition) is 3. The van der Waals surface area contributed by atoms with Gasteiger partial charge in [-0.15, -0.1) is 6.58 Å². The Balaban J connectivity index is 2.67. The van der Waals surface area contributed by atoms with Gasteiger partial charge in [0.2, 0.25) is 0 Å². The fourth-order valence-corrected chi connectivity index (χ4v) is 3.51. The minimum absolute atomic E-state index is 0.131. The summed E-state index contributed by atoms with van der Waals surface area (Å²) in [4.78, 5) is 15.2. The molecule has 0 spiro atoms. The molecule has 1 aromatic carbocycles.